The molecule has 0 aromatic carbocycles. The molecule has 1 unspecified atom stereocenters. The normalized spacial score (nSPS) is 20.5. The second-order valence-corrected chi connectivity index (χ2v) is 3.88. The zero-order chi connectivity index (χ0) is 11.5. The van der Waals surface area contributed by atoms with Gasteiger partial charge in [-0.15, -0.1) is 0 Å². The number of morpholine rings is 1. The average molecular weight is 218 g/mol. The molecule has 1 saturated heterocycles. The van der Waals surface area contributed by atoms with E-state index < -0.39 is 0 Å². The van der Waals surface area contributed by atoms with Crippen molar-refractivity contribution in [2.75, 3.05) is 30.3 Å². The van der Waals surface area contributed by atoms with Crippen molar-refractivity contribution in [1.29, 1.82) is 5.26 Å². The summed E-state index contributed by atoms with van der Waals surface area (Å²) in [7, 11) is 0. The van der Waals surface area contributed by atoms with Crippen LogP contribution >= 0.6 is 0 Å². The minimum atomic E-state index is 0.166. The van der Waals surface area contributed by atoms with Gasteiger partial charge in [-0.2, -0.15) is 5.26 Å². The highest BCUT2D eigenvalue weighted by molar-refractivity contribution is 5.59. The van der Waals surface area contributed by atoms with E-state index in [-0.39, 0.29) is 6.10 Å². The Morgan fingerprint density at radius 3 is 3.19 bits per heavy atom. The highest BCUT2D eigenvalue weighted by Crippen LogP contribution is 2.21. The molecular formula is C11H14N4O. The maximum absolute atomic E-state index is 9.04. The molecule has 0 amide bonds. The van der Waals surface area contributed by atoms with Crippen molar-refractivity contribution in [3.63, 3.8) is 0 Å². The Hall–Kier alpha value is -1.80. The monoisotopic (exact) mass is 218 g/mol. The first-order valence-electron chi connectivity index (χ1n) is 5.23. The third-order valence-electron chi connectivity index (χ3n) is 2.55. The lowest BCUT2D eigenvalue weighted by atomic mass is 10.2. The molecule has 1 atom stereocenters. The standard InChI is InChI=1S/C11H14N4O/c1-8-7-15(2-3-16-8)11-9(5-12)4-10(13)6-14-11/h4,6,8H,2-3,7,13H2,1H3. The predicted octanol–water partition coefficient (Wildman–Crippen LogP) is 0.761. The van der Waals surface area contributed by atoms with Crippen molar-refractivity contribution in [2.24, 2.45) is 0 Å². The first-order chi connectivity index (χ1) is 7.70. The van der Waals surface area contributed by atoms with E-state index in [2.05, 4.69) is 16.0 Å². The molecule has 5 heteroatoms. The van der Waals surface area contributed by atoms with E-state index in [9.17, 15) is 0 Å². The first kappa shape index (κ1) is 10.7. The van der Waals surface area contributed by atoms with Crippen LogP contribution in [0.1, 0.15) is 12.5 Å². The summed E-state index contributed by atoms with van der Waals surface area (Å²) < 4.78 is 5.45. The minimum absolute atomic E-state index is 0.166. The van der Waals surface area contributed by atoms with Gasteiger partial charge in [0.15, 0.2) is 0 Å². The lowest BCUT2D eigenvalue weighted by Gasteiger charge is -2.32. The van der Waals surface area contributed by atoms with Crippen molar-refractivity contribution in [2.45, 2.75) is 13.0 Å². The van der Waals surface area contributed by atoms with Crippen LogP contribution in [-0.2, 0) is 4.74 Å². The summed E-state index contributed by atoms with van der Waals surface area (Å²) >= 11 is 0. The molecular weight excluding hydrogens is 204 g/mol. The third-order valence-corrected chi connectivity index (χ3v) is 2.55. The number of ether oxygens (including phenoxy) is 1. The summed E-state index contributed by atoms with van der Waals surface area (Å²) in [5, 5.41) is 9.04. The summed E-state index contributed by atoms with van der Waals surface area (Å²) in [5.74, 6) is 0.701. The average Bonchev–Trinajstić information content (AvgIpc) is 2.28. The zero-order valence-electron chi connectivity index (χ0n) is 9.18. The fourth-order valence-electron chi connectivity index (χ4n) is 1.82. The van der Waals surface area contributed by atoms with E-state index in [0.29, 0.717) is 23.7 Å². The largest absolute Gasteiger partial charge is 0.397 e. The number of nitrogen functional groups attached to an aromatic ring is 1. The molecule has 0 spiro atoms. The van der Waals surface area contributed by atoms with Crippen LogP contribution in [0.2, 0.25) is 0 Å². The predicted molar refractivity (Wildman–Crippen MR) is 61.0 cm³/mol. The van der Waals surface area contributed by atoms with Crippen molar-refractivity contribution in [3.05, 3.63) is 17.8 Å². The quantitative estimate of drug-likeness (QED) is 0.753. The van der Waals surface area contributed by atoms with Crippen LogP contribution in [0.25, 0.3) is 0 Å². The van der Waals surface area contributed by atoms with Crippen LogP contribution in [-0.4, -0.2) is 30.8 Å². The summed E-state index contributed by atoms with van der Waals surface area (Å²) in [6.07, 6.45) is 1.75. The maximum atomic E-state index is 9.04. The molecule has 1 aliphatic heterocycles. The van der Waals surface area contributed by atoms with Crippen molar-refractivity contribution in [1.82, 2.24) is 4.98 Å². The molecule has 0 radical (unpaired) electrons. The molecule has 1 aromatic heterocycles. The van der Waals surface area contributed by atoms with Gasteiger partial charge < -0.3 is 15.4 Å². The van der Waals surface area contributed by atoms with Crippen LogP contribution in [0.3, 0.4) is 0 Å². The number of anilines is 2. The molecule has 2 N–H and O–H groups in total. The van der Waals surface area contributed by atoms with Gasteiger partial charge in [0.1, 0.15) is 11.9 Å². The molecule has 5 nitrogen and oxygen atoms in total. The number of nitrogens with two attached hydrogens (primary N) is 1. The van der Waals surface area contributed by atoms with Crippen LogP contribution in [0, 0.1) is 11.3 Å². The number of nitriles is 1. The Morgan fingerprint density at radius 1 is 1.69 bits per heavy atom. The van der Waals surface area contributed by atoms with Gasteiger partial charge in [-0.3, -0.25) is 0 Å². The van der Waals surface area contributed by atoms with Crippen LogP contribution in [0.15, 0.2) is 12.3 Å². The molecule has 1 aliphatic rings. The third kappa shape index (κ3) is 2.07. The molecule has 1 fully saturated rings. The van der Waals surface area contributed by atoms with E-state index in [1.807, 2.05) is 6.92 Å². The van der Waals surface area contributed by atoms with Crippen molar-refractivity contribution >= 4 is 11.5 Å². The number of nitrogens with zero attached hydrogens (tertiary/aromatic N) is 3. The van der Waals surface area contributed by atoms with Gasteiger partial charge in [0.2, 0.25) is 0 Å². The first-order valence-corrected chi connectivity index (χ1v) is 5.23. The Balaban J connectivity index is 2.29. The van der Waals surface area contributed by atoms with E-state index in [1.165, 1.54) is 0 Å². The highest BCUT2D eigenvalue weighted by atomic mass is 16.5. The van der Waals surface area contributed by atoms with Gasteiger partial charge in [-0.1, -0.05) is 0 Å². The number of hydrogen-bond donors (Lipinski definition) is 1. The van der Waals surface area contributed by atoms with Gasteiger partial charge in [-0.25, -0.2) is 4.98 Å². The lowest BCUT2D eigenvalue weighted by Crippen LogP contribution is -2.41. The molecule has 16 heavy (non-hydrogen) atoms. The molecule has 0 saturated carbocycles. The van der Waals surface area contributed by atoms with Crippen LogP contribution in [0.4, 0.5) is 11.5 Å². The van der Waals surface area contributed by atoms with Gasteiger partial charge >= 0.3 is 0 Å². The van der Waals surface area contributed by atoms with Gasteiger partial charge in [0, 0.05) is 13.1 Å². The smallest absolute Gasteiger partial charge is 0.146 e. The second kappa shape index (κ2) is 4.37. The van der Waals surface area contributed by atoms with E-state index in [0.717, 1.165) is 13.1 Å². The Kier molecular flexibility index (Phi) is 2.93. The number of hydrogen-bond acceptors (Lipinski definition) is 5. The summed E-state index contributed by atoms with van der Waals surface area (Å²) in [4.78, 5) is 6.29. The summed E-state index contributed by atoms with van der Waals surface area (Å²) in [6.45, 7) is 4.19. The second-order valence-electron chi connectivity index (χ2n) is 3.88. The van der Waals surface area contributed by atoms with E-state index >= 15 is 0 Å². The minimum Gasteiger partial charge on any atom is -0.397 e. The van der Waals surface area contributed by atoms with Gasteiger partial charge in [0.05, 0.1) is 30.2 Å². The number of aromatic nitrogens is 1. The maximum Gasteiger partial charge on any atom is 0.146 e. The topological polar surface area (TPSA) is 75.2 Å². The van der Waals surface area contributed by atoms with Gasteiger partial charge in [0.25, 0.3) is 0 Å². The highest BCUT2D eigenvalue weighted by Gasteiger charge is 2.20. The Morgan fingerprint density at radius 2 is 2.50 bits per heavy atom. The molecule has 0 aliphatic carbocycles. The van der Waals surface area contributed by atoms with Crippen LogP contribution < -0.4 is 10.6 Å². The lowest BCUT2D eigenvalue weighted by molar-refractivity contribution is 0.0529. The molecule has 2 rings (SSSR count). The summed E-state index contributed by atoms with van der Waals surface area (Å²) in [6, 6.07) is 3.78. The van der Waals surface area contributed by atoms with E-state index in [4.69, 9.17) is 15.7 Å². The number of rotatable bonds is 1. The van der Waals surface area contributed by atoms with E-state index in [1.54, 1.807) is 12.3 Å². The molecule has 1 aromatic rings. The molecule has 84 valence electrons. The summed E-state index contributed by atoms with van der Waals surface area (Å²) in [5.41, 5.74) is 6.64. The van der Waals surface area contributed by atoms with Gasteiger partial charge in [-0.05, 0) is 13.0 Å². The van der Waals surface area contributed by atoms with Crippen molar-refractivity contribution < 1.29 is 4.74 Å². The number of pyridine rings is 1. The molecule has 2 heterocycles. The molecule has 0 bridgehead atoms. The fraction of sp³-hybridized carbons (Fsp3) is 0.455. The Labute approximate surface area is 94.4 Å². The van der Waals surface area contributed by atoms with Crippen LogP contribution in [0.5, 0.6) is 0 Å². The Bertz CT molecular complexity index is 426. The SMILES string of the molecule is CC1CN(c2ncc(N)cc2C#N)CCO1. The zero-order valence-corrected chi connectivity index (χ0v) is 9.18. The fourth-order valence-corrected chi connectivity index (χ4v) is 1.82. The van der Waals surface area contributed by atoms with Crippen molar-refractivity contribution in [3.8, 4) is 6.07 Å².